The van der Waals surface area contributed by atoms with Crippen LogP contribution in [0.15, 0.2) is 39.6 Å². The normalized spacial score (nSPS) is 11.0. The number of fused-ring (bicyclic) bond motifs is 1. The van der Waals surface area contributed by atoms with Crippen molar-refractivity contribution in [3.8, 4) is 5.69 Å². The molecule has 0 fully saturated rings. The van der Waals surface area contributed by atoms with Crippen molar-refractivity contribution >= 4 is 45.4 Å². The van der Waals surface area contributed by atoms with E-state index in [0.29, 0.717) is 39.3 Å². The Bertz CT molecular complexity index is 1110. The molecule has 1 heterocycles. The number of aryl methyl sites for hydroxylation is 2. The van der Waals surface area contributed by atoms with E-state index in [1.165, 1.54) is 4.57 Å². The second-order valence-corrected chi connectivity index (χ2v) is 7.26. The van der Waals surface area contributed by atoms with Gasteiger partial charge in [-0.3, -0.25) is 9.36 Å². The number of ether oxygens (including phenoxy) is 1. The molecule has 3 aromatic rings. The van der Waals surface area contributed by atoms with E-state index in [1.54, 1.807) is 19.9 Å². The zero-order chi connectivity index (χ0) is 19.7. The number of para-hydroxylation sites is 1. The van der Waals surface area contributed by atoms with E-state index >= 15 is 0 Å². The monoisotopic (exact) mass is 446 g/mol. The van der Waals surface area contributed by atoms with Gasteiger partial charge in [-0.15, -0.1) is 0 Å². The summed E-state index contributed by atoms with van der Waals surface area (Å²) in [6.07, 6.45) is 0. The van der Waals surface area contributed by atoms with E-state index in [-0.39, 0.29) is 12.2 Å². The number of carbonyl (C=O) groups is 1. The summed E-state index contributed by atoms with van der Waals surface area (Å²) < 4.78 is 7.48. The van der Waals surface area contributed by atoms with E-state index in [4.69, 9.17) is 4.74 Å². The van der Waals surface area contributed by atoms with Crippen LogP contribution in [0.25, 0.3) is 16.6 Å². The first-order valence-electron chi connectivity index (χ1n) is 8.49. The van der Waals surface area contributed by atoms with Crippen LogP contribution in [-0.4, -0.2) is 22.1 Å². The first-order chi connectivity index (χ1) is 12.9. The Morgan fingerprint density at radius 3 is 2.63 bits per heavy atom. The zero-order valence-corrected chi connectivity index (χ0v) is 17.7. The molecule has 0 saturated heterocycles. The molecule has 0 aliphatic rings. The minimum Gasteiger partial charge on any atom is -0.462 e. The van der Waals surface area contributed by atoms with Gasteiger partial charge in [-0.2, -0.15) is 12.6 Å². The van der Waals surface area contributed by atoms with Crippen molar-refractivity contribution < 1.29 is 9.53 Å². The molecule has 0 aliphatic carbocycles. The van der Waals surface area contributed by atoms with Crippen LogP contribution in [0, 0.1) is 13.8 Å². The van der Waals surface area contributed by atoms with Gasteiger partial charge in [-0.05, 0) is 66.0 Å². The fourth-order valence-corrected chi connectivity index (χ4v) is 3.92. The maximum absolute atomic E-state index is 13.4. The average Bonchev–Trinajstić information content (AvgIpc) is 2.62. The van der Waals surface area contributed by atoms with Gasteiger partial charge in [0.2, 0.25) is 0 Å². The number of hydrogen-bond donors (Lipinski definition) is 1. The SMILES string of the molecule is CCOC(=O)c1c(C)cc2nc(CS)n(-c3ccccc3Br)c(=O)c2c1C. The maximum atomic E-state index is 13.4. The molecular weight excluding hydrogens is 428 g/mol. The van der Waals surface area contributed by atoms with E-state index in [9.17, 15) is 9.59 Å². The number of carbonyl (C=O) groups excluding carboxylic acids is 1. The number of thiol groups is 1. The summed E-state index contributed by atoms with van der Waals surface area (Å²) in [4.78, 5) is 30.5. The van der Waals surface area contributed by atoms with Gasteiger partial charge in [0.1, 0.15) is 5.82 Å². The Balaban J connectivity index is 2.43. The summed E-state index contributed by atoms with van der Waals surface area (Å²) in [5.41, 5.74) is 2.72. The number of hydrogen-bond acceptors (Lipinski definition) is 5. The summed E-state index contributed by atoms with van der Waals surface area (Å²) in [6.45, 7) is 5.60. The van der Waals surface area contributed by atoms with Crippen molar-refractivity contribution in [1.82, 2.24) is 9.55 Å². The van der Waals surface area contributed by atoms with E-state index < -0.39 is 5.97 Å². The summed E-state index contributed by atoms with van der Waals surface area (Å²) in [7, 11) is 0. The Hall–Kier alpha value is -2.12. The van der Waals surface area contributed by atoms with Crippen molar-refractivity contribution in [2.24, 2.45) is 0 Å². The molecule has 140 valence electrons. The highest BCUT2D eigenvalue weighted by molar-refractivity contribution is 9.10. The molecular formula is C20H19BrN2O3S. The standard InChI is InChI=1S/C20H19BrN2O3S/c1-4-26-20(25)17-11(2)9-14-18(12(17)3)19(24)23(16(10-27)22-14)15-8-6-5-7-13(15)21/h5-9,27H,4,10H2,1-3H3. The Morgan fingerprint density at radius 2 is 2.00 bits per heavy atom. The van der Waals surface area contributed by atoms with Crippen LogP contribution in [0.4, 0.5) is 0 Å². The Morgan fingerprint density at radius 1 is 1.30 bits per heavy atom. The zero-order valence-electron chi connectivity index (χ0n) is 15.2. The first-order valence-corrected chi connectivity index (χ1v) is 9.92. The topological polar surface area (TPSA) is 61.2 Å². The van der Waals surface area contributed by atoms with Crippen LogP contribution < -0.4 is 5.56 Å². The fraction of sp³-hybridized carbons (Fsp3) is 0.250. The third kappa shape index (κ3) is 3.41. The number of aromatic nitrogens is 2. The third-order valence-corrected chi connectivity index (χ3v) is 5.35. The van der Waals surface area contributed by atoms with Crippen LogP contribution in [0.3, 0.4) is 0 Å². The number of esters is 1. The second-order valence-electron chi connectivity index (χ2n) is 6.09. The fourth-order valence-electron chi connectivity index (χ4n) is 3.24. The molecule has 27 heavy (non-hydrogen) atoms. The van der Waals surface area contributed by atoms with Gasteiger partial charge < -0.3 is 4.74 Å². The van der Waals surface area contributed by atoms with Crippen LogP contribution in [0.2, 0.25) is 0 Å². The van der Waals surface area contributed by atoms with E-state index in [2.05, 4.69) is 33.5 Å². The third-order valence-electron chi connectivity index (χ3n) is 4.39. The highest BCUT2D eigenvalue weighted by Gasteiger charge is 2.21. The van der Waals surface area contributed by atoms with E-state index in [0.717, 1.165) is 10.0 Å². The Kier molecular flexibility index (Phi) is 5.72. The van der Waals surface area contributed by atoms with Gasteiger partial charge >= 0.3 is 5.97 Å². The molecule has 7 heteroatoms. The Labute approximate surface area is 170 Å². The predicted octanol–water partition coefficient (Wildman–Crippen LogP) is 4.37. The molecule has 0 N–H and O–H groups in total. The van der Waals surface area contributed by atoms with Gasteiger partial charge in [-0.1, -0.05) is 12.1 Å². The smallest absolute Gasteiger partial charge is 0.338 e. The average molecular weight is 447 g/mol. The minimum absolute atomic E-state index is 0.237. The van der Waals surface area contributed by atoms with Crippen molar-refractivity contribution in [2.45, 2.75) is 26.5 Å². The number of rotatable bonds is 4. The molecule has 0 bridgehead atoms. The molecule has 5 nitrogen and oxygen atoms in total. The molecule has 2 aromatic carbocycles. The van der Waals surface area contributed by atoms with Gasteiger partial charge in [0.05, 0.1) is 28.8 Å². The number of halogens is 1. The van der Waals surface area contributed by atoms with Crippen molar-refractivity contribution in [2.75, 3.05) is 6.61 Å². The van der Waals surface area contributed by atoms with Gasteiger partial charge in [0.25, 0.3) is 5.56 Å². The van der Waals surface area contributed by atoms with Gasteiger partial charge in [0, 0.05) is 10.2 Å². The van der Waals surface area contributed by atoms with Crippen molar-refractivity contribution in [1.29, 1.82) is 0 Å². The highest BCUT2D eigenvalue weighted by Crippen LogP contribution is 2.26. The molecule has 0 amide bonds. The lowest BCUT2D eigenvalue weighted by Crippen LogP contribution is -2.25. The van der Waals surface area contributed by atoms with Crippen LogP contribution in [-0.2, 0) is 10.5 Å². The molecule has 3 rings (SSSR count). The number of benzene rings is 2. The molecule has 0 saturated carbocycles. The lowest BCUT2D eigenvalue weighted by atomic mass is 9.98. The summed E-state index contributed by atoms with van der Waals surface area (Å²) in [5, 5.41) is 0.407. The van der Waals surface area contributed by atoms with Crippen molar-refractivity contribution in [3.05, 3.63) is 67.7 Å². The summed E-state index contributed by atoms with van der Waals surface area (Å²) in [6, 6.07) is 9.18. The summed E-state index contributed by atoms with van der Waals surface area (Å²) >= 11 is 7.85. The molecule has 0 atom stereocenters. The molecule has 0 unspecified atom stereocenters. The van der Waals surface area contributed by atoms with E-state index in [1.807, 2.05) is 31.2 Å². The largest absolute Gasteiger partial charge is 0.462 e. The maximum Gasteiger partial charge on any atom is 0.338 e. The molecule has 1 aromatic heterocycles. The lowest BCUT2D eigenvalue weighted by molar-refractivity contribution is 0.0525. The van der Waals surface area contributed by atoms with Gasteiger partial charge in [-0.25, -0.2) is 9.78 Å². The van der Waals surface area contributed by atoms with Crippen LogP contribution in [0.5, 0.6) is 0 Å². The molecule has 0 aliphatic heterocycles. The van der Waals surface area contributed by atoms with Crippen LogP contribution in [0.1, 0.15) is 34.2 Å². The van der Waals surface area contributed by atoms with Crippen LogP contribution >= 0.6 is 28.6 Å². The highest BCUT2D eigenvalue weighted by atomic mass is 79.9. The molecule has 0 radical (unpaired) electrons. The number of nitrogens with zero attached hydrogens (tertiary/aromatic N) is 2. The second kappa shape index (κ2) is 7.86. The quantitative estimate of drug-likeness (QED) is 0.477. The first kappa shape index (κ1) is 19.6. The van der Waals surface area contributed by atoms with Gasteiger partial charge in [0.15, 0.2) is 0 Å². The predicted molar refractivity (Wildman–Crippen MR) is 113 cm³/mol. The van der Waals surface area contributed by atoms with Crippen molar-refractivity contribution in [3.63, 3.8) is 0 Å². The molecule has 0 spiro atoms. The lowest BCUT2D eigenvalue weighted by Gasteiger charge is -2.17. The summed E-state index contributed by atoms with van der Waals surface area (Å²) in [5.74, 6) is 0.398. The minimum atomic E-state index is -0.431.